The van der Waals surface area contributed by atoms with Crippen LogP contribution in [0.5, 0.6) is 6.01 Å². The second kappa shape index (κ2) is 8.01. The maximum atomic E-state index is 13.0. The number of aryl methyl sites for hydroxylation is 2. The number of amides is 1. The molecule has 4 rings (SSSR count). The quantitative estimate of drug-likeness (QED) is 0.487. The predicted octanol–water partition coefficient (Wildman–Crippen LogP) is 3.77. The van der Waals surface area contributed by atoms with Gasteiger partial charge in [0, 0.05) is 23.1 Å². The molecule has 33 heavy (non-hydrogen) atoms. The summed E-state index contributed by atoms with van der Waals surface area (Å²) in [4.78, 5) is 36.6. The Kier molecular flexibility index (Phi) is 5.32. The van der Waals surface area contributed by atoms with Gasteiger partial charge < -0.3 is 10.4 Å². The molecule has 0 saturated heterocycles. The fourth-order valence-corrected chi connectivity index (χ4v) is 3.36. The Morgan fingerprint density at radius 1 is 1.09 bits per heavy atom. The van der Waals surface area contributed by atoms with E-state index in [2.05, 4.69) is 20.3 Å². The van der Waals surface area contributed by atoms with Crippen molar-refractivity contribution >= 4 is 22.6 Å². The van der Waals surface area contributed by atoms with Gasteiger partial charge in [-0.25, -0.2) is 9.78 Å². The summed E-state index contributed by atoms with van der Waals surface area (Å²) in [6.45, 7) is 3.40. The Hall–Kier alpha value is -4.28. The lowest BCUT2D eigenvalue weighted by molar-refractivity contribution is -0.137. The molecule has 0 unspecified atom stereocenters. The van der Waals surface area contributed by atoms with Crippen LogP contribution in [0.4, 0.5) is 18.9 Å². The zero-order valence-corrected chi connectivity index (χ0v) is 17.3. The van der Waals surface area contributed by atoms with Crippen LogP contribution in [-0.2, 0) is 6.18 Å². The van der Waals surface area contributed by atoms with Gasteiger partial charge in [0.2, 0.25) is 0 Å². The molecule has 2 heterocycles. The van der Waals surface area contributed by atoms with Crippen LogP contribution in [0.15, 0.2) is 53.5 Å². The molecule has 0 atom stereocenters. The van der Waals surface area contributed by atoms with Gasteiger partial charge >= 0.3 is 17.9 Å². The van der Waals surface area contributed by atoms with E-state index in [4.69, 9.17) is 0 Å². The third-order valence-electron chi connectivity index (χ3n) is 5.03. The molecule has 8 nitrogen and oxygen atoms in total. The Balaban J connectivity index is 1.73. The number of fused-ring (bicyclic) bond motifs is 1. The van der Waals surface area contributed by atoms with Crippen molar-refractivity contribution in [2.75, 3.05) is 5.32 Å². The summed E-state index contributed by atoms with van der Waals surface area (Å²) in [5, 5.41) is 12.4. The van der Waals surface area contributed by atoms with Crippen LogP contribution in [0.1, 0.15) is 27.2 Å². The molecular formula is C22H16F3N5O3. The molecule has 0 bridgehead atoms. The summed E-state index contributed by atoms with van der Waals surface area (Å²) >= 11 is 0. The van der Waals surface area contributed by atoms with E-state index < -0.39 is 29.3 Å². The topological polar surface area (TPSA) is 110 Å². The number of benzene rings is 2. The van der Waals surface area contributed by atoms with E-state index in [-0.39, 0.29) is 16.9 Å². The number of rotatable bonds is 3. The van der Waals surface area contributed by atoms with E-state index in [9.17, 15) is 27.9 Å². The maximum Gasteiger partial charge on any atom is 0.416 e. The number of carbonyl (C=O) groups excluding carboxylic acids is 1. The minimum Gasteiger partial charge on any atom is -0.479 e. The largest absolute Gasteiger partial charge is 0.479 e. The summed E-state index contributed by atoms with van der Waals surface area (Å²) in [6.07, 6.45) is -3.24. The summed E-state index contributed by atoms with van der Waals surface area (Å²) < 4.78 is 40.2. The maximum absolute atomic E-state index is 13.0. The lowest BCUT2D eigenvalue weighted by Crippen LogP contribution is -2.25. The average molecular weight is 455 g/mol. The van der Waals surface area contributed by atoms with Gasteiger partial charge in [-0.2, -0.15) is 23.1 Å². The molecule has 2 N–H and O–H groups in total. The zero-order valence-electron chi connectivity index (χ0n) is 17.3. The van der Waals surface area contributed by atoms with Crippen LogP contribution in [0, 0.1) is 13.8 Å². The minimum atomic E-state index is -4.57. The molecule has 2 aromatic carbocycles. The molecule has 4 aromatic rings. The molecule has 168 valence electrons. The summed E-state index contributed by atoms with van der Waals surface area (Å²) in [5.41, 5.74) is 0.0817. The fourth-order valence-electron chi connectivity index (χ4n) is 3.36. The highest BCUT2D eigenvalue weighted by Gasteiger charge is 2.31. The van der Waals surface area contributed by atoms with Crippen molar-refractivity contribution in [1.29, 1.82) is 0 Å². The molecule has 0 spiro atoms. The first-order chi connectivity index (χ1) is 15.5. The second-order valence-electron chi connectivity index (χ2n) is 7.26. The molecule has 2 aromatic heterocycles. The van der Waals surface area contributed by atoms with Gasteiger partial charge in [0.25, 0.3) is 5.91 Å². The van der Waals surface area contributed by atoms with Crippen LogP contribution in [0.2, 0.25) is 0 Å². The number of anilines is 1. The van der Waals surface area contributed by atoms with Crippen molar-refractivity contribution in [3.8, 4) is 11.7 Å². The number of alkyl halides is 3. The Morgan fingerprint density at radius 3 is 2.58 bits per heavy atom. The Morgan fingerprint density at radius 2 is 1.85 bits per heavy atom. The van der Waals surface area contributed by atoms with Crippen LogP contribution in [0.25, 0.3) is 16.7 Å². The number of nitrogens with one attached hydrogen (secondary N) is 1. The van der Waals surface area contributed by atoms with Gasteiger partial charge in [-0.3, -0.25) is 9.36 Å². The zero-order chi connectivity index (χ0) is 23.9. The molecule has 0 aliphatic carbocycles. The van der Waals surface area contributed by atoms with Gasteiger partial charge in [0.15, 0.2) is 5.65 Å². The van der Waals surface area contributed by atoms with Crippen molar-refractivity contribution < 1.29 is 23.1 Å². The fraction of sp³-hybridized carbons (Fsp3) is 0.136. The second-order valence-corrected chi connectivity index (χ2v) is 7.26. The van der Waals surface area contributed by atoms with Crippen LogP contribution < -0.4 is 11.0 Å². The summed E-state index contributed by atoms with van der Waals surface area (Å²) in [7, 11) is 0. The van der Waals surface area contributed by atoms with E-state index in [1.807, 2.05) is 0 Å². The van der Waals surface area contributed by atoms with E-state index in [0.717, 1.165) is 18.2 Å². The SMILES string of the molecule is Cc1ccc(NC(=O)c2cccc(C(F)(F)F)c2)cc1-n1c(C)c2cnc(O)nc2nc1=O. The molecule has 11 heteroatoms. The molecule has 1 amide bonds. The van der Waals surface area contributed by atoms with Gasteiger partial charge in [-0.1, -0.05) is 12.1 Å². The van der Waals surface area contributed by atoms with E-state index in [1.165, 1.54) is 22.9 Å². The van der Waals surface area contributed by atoms with Gasteiger partial charge in [-0.15, -0.1) is 0 Å². The van der Waals surface area contributed by atoms with Crippen molar-refractivity contribution in [1.82, 2.24) is 19.5 Å². The number of hydrogen-bond acceptors (Lipinski definition) is 6. The van der Waals surface area contributed by atoms with Crippen molar-refractivity contribution in [2.24, 2.45) is 0 Å². The van der Waals surface area contributed by atoms with Gasteiger partial charge in [0.1, 0.15) is 0 Å². The molecule has 0 fully saturated rings. The Bertz CT molecular complexity index is 1460. The number of aromatic hydroxyl groups is 1. The van der Waals surface area contributed by atoms with Crippen LogP contribution in [0.3, 0.4) is 0 Å². The lowest BCUT2D eigenvalue weighted by atomic mass is 10.1. The summed E-state index contributed by atoms with van der Waals surface area (Å²) in [6, 6.07) is 8.31. The normalized spacial score (nSPS) is 11.5. The van der Waals surface area contributed by atoms with E-state index >= 15 is 0 Å². The highest BCUT2D eigenvalue weighted by molar-refractivity contribution is 6.04. The molecule has 0 aliphatic heterocycles. The number of halogens is 3. The third kappa shape index (κ3) is 4.25. The smallest absolute Gasteiger partial charge is 0.416 e. The predicted molar refractivity (Wildman–Crippen MR) is 113 cm³/mol. The molecule has 0 aliphatic rings. The molecular weight excluding hydrogens is 439 g/mol. The monoisotopic (exact) mass is 455 g/mol. The van der Waals surface area contributed by atoms with Crippen molar-refractivity contribution in [2.45, 2.75) is 20.0 Å². The standard InChI is InChI=1S/C22H16F3N5O3/c1-11-6-7-15(27-19(31)13-4-3-5-14(8-13)22(23,24)25)9-17(11)30-12(2)16-10-26-20(32)28-18(16)29-21(30)33/h3-10H,1-2H3,(H,27,31)(H,28,29,32,33). The minimum absolute atomic E-state index is 0.0351. The van der Waals surface area contributed by atoms with Crippen molar-refractivity contribution in [3.05, 3.63) is 81.5 Å². The average Bonchev–Trinajstić information content (AvgIpc) is 2.75. The van der Waals surface area contributed by atoms with Gasteiger partial charge in [-0.05, 0) is 49.7 Å². The van der Waals surface area contributed by atoms with E-state index in [1.54, 1.807) is 26.0 Å². The lowest BCUT2D eigenvalue weighted by Gasteiger charge is -2.15. The van der Waals surface area contributed by atoms with Gasteiger partial charge in [0.05, 0.1) is 16.6 Å². The van der Waals surface area contributed by atoms with Crippen molar-refractivity contribution in [3.63, 3.8) is 0 Å². The Labute approximate surface area is 184 Å². The molecule has 0 radical (unpaired) electrons. The van der Waals surface area contributed by atoms with Crippen LogP contribution in [-0.4, -0.2) is 30.5 Å². The van der Waals surface area contributed by atoms with E-state index in [0.29, 0.717) is 22.3 Å². The number of nitrogens with zero attached hydrogens (tertiary/aromatic N) is 4. The number of hydrogen-bond donors (Lipinski definition) is 2. The number of carbonyl (C=O) groups is 1. The third-order valence-corrected chi connectivity index (χ3v) is 5.03. The first-order valence-corrected chi connectivity index (χ1v) is 9.59. The summed E-state index contributed by atoms with van der Waals surface area (Å²) in [5.74, 6) is -0.736. The first-order valence-electron chi connectivity index (χ1n) is 9.59. The highest BCUT2D eigenvalue weighted by atomic mass is 19.4. The first kappa shape index (κ1) is 21.9. The number of aromatic nitrogens is 4. The highest BCUT2D eigenvalue weighted by Crippen LogP contribution is 2.30. The van der Waals surface area contributed by atoms with Crippen LogP contribution >= 0.6 is 0 Å². The molecule has 0 saturated carbocycles.